The van der Waals surface area contributed by atoms with Gasteiger partial charge in [0, 0.05) is 5.56 Å². The average Bonchev–Trinajstić information content (AvgIpc) is 2.42. The van der Waals surface area contributed by atoms with E-state index in [0.717, 1.165) is 16.9 Å². The molecule has 0 saturated heterocycles. The largest absolute Gasteiger partial charge is 0.342 e. The van der Waals surface area contributed by atoms with Gasteiger partial charge in [0.15, 0.2) is 0 Å². The summed E-state index contributed by atoms with van der Waals surface area (Å²) in [7, 11) is 0. The highest BCUT2D eigenvalue weighted by Gasteiger charge is 2.04. The molecule has 3 nitrogen and oxygen atoms in total. The highest BCUT2D eigenvalue weighted by molar-refractivity contribution is 6.67. The van der Waals surface area contributed by atoms with E-state index in [1.807, 2.05) is 6.92 Å². The maximum atomic E-state index is 10.8. The van der Waals surface area contributed by atoms with Crippen molar-refractivity contribution in [2.45, 2.75) is 6.92 Å². The monoisotopic (exact) mass is 194 g/mol. The second-order valence-corrected chi connectivity index (χ2v) is 3.17. The maximum Gasteiger partial charge on any atom is 0.252 e. The molecule has 0 bridgehead atoms. The first-order valence-electron chi connectivity index (χ1n) is 3.83. The Labute approximate surface area is 79.7 Å². The molecule has 0 saturated carbocycles. The number of rotatable bonds is 1. The lowest BCUT2D eigenvalue weighted by Gasteiger charge is -1.91. The lowest BCUT2D eigenvalue weighted by atomic mass is 10.2. The summed E-state index contributed by atoms with van der Waals surface area (Å²) in [6, 6.07) is 5.14. The van der Waals surface area contributed by atoms with Crippen LogP contribution in [0.1, 0.15) is 16.2 Å². The zero-order chi connectivity index (χ0) is 9.42. The van der Waals surface area contributed by atoms with Crippen molar-refractivity contribution < 1.29 is 4.79 Å². The summed E-state index contributed by atoms with van der Waals surface area (Å²) in [6.07, 6.45) is 0. The highest BCUT2D eigenvalue weighted by atomic mass is 35.5. The van der Waals surface area contributed by atoms with Crippen LogP contribution < -0.4 is 0 Å². The molecule has 0 spiro atoms. The number of hydrogen-bond donors (Lipinski definition) is 1. The number of carbonyl (C=O) groups excluding carboxylic acids is 1. The van der Waals surface area contributed by atoms with Crippen LogP contribution in [0.5, 0.6) is 0 Å². The van der Waals surface area contributed by atoms with E-state index in [1.165, 1.54) is 0 Å². The van der Waals surface area contributed by atoms with Crippen LogP contribution in [0.3, 0.4) is 0 Å². The highest BCUT2D eigenvalue weighted by Crippen LogP contribution is 2.14. The molecule has 0 aliphatic heterocycles. The molecule has 1 aromatic heterocycles. The number of hydrogen-bond acceptors (Lipinski definition) is 2. The van der Waals surface area contributed by atoms with E-state index in [-0.39, 0.29) is 0 Å². The number of aromatic nitrogens is 2. The number of aromatic amines is 1. The van der Waals surface area contributed by atoms with Crippen molar-refractivity contribution in [1.82, 2.24) is 9.97 Å². The zero-order valence-electron chi connectivity index (χ0n) is 6.97. The SMILES string of the molecule is Cc1nc2ccc(C(=O)Cl)cc2[nH]1. The lowest BCUT2D eigenvalue weighted by Crippen LogP contribution is -1.87. The van der Waals surface area contributed by atoms with Gasteiger partial charge in [-0.2, -0.15) is 0 Å². The summed E-state index contributed by atoms with van der Waals surface area (Å²) in [6.45, 7) is 1.86. The van der Waals surface area contributed by atoms with E-state index >= 15 is 0 Å². The third kappa shape index (κ3) is 1.42. The molecule has 13 heavy (non-hydrogen) atoms. The summed E-state index contributed by atoms with van der Waals surface area (Å²) in [5.41, 5.74) is 2.17. The number of aryl methyl sites for hydroxylation is 1. The van der Waals surface area contributed by atoms with Gasteiger partial charge in [-0.25, -0.2) is 4.98 Å². The van der Waals surface area contributed by atoms with Crippen molar-refractivity contribution in [3.05, 3.63) is 29.6 Å². The van der Waals surface area contributed by atoms with E-state index in [2.05, 4.69) is 9.97 Å². The molecule has 2 rings (SSSR count). The Hall–Kier alpha value is -1.35. The summed E-state index contributed by atoms with van der Waals surface area (Å²) >= 11 is 5.34. The van der Waals surface area contributed by atoms with E-state index in [9.17, 15) is 4.79 Å². The van der Waals surface area contributed by atoms with Gasteiger partial charge in [-0.3, -0.25) is 4.79 Å². The van der Waals surface area contributed by atoms with Gasteiger partial charge < -0.3 is 4.98 Å². The van der Waals surface area contributed by atoms with E-state index in [4.69, 9.17) is 11.6 Å². The number of carbonyl (C=O) groups is 1. The Kier molecular flexibility index (Phi) is 1.81. The fourth-order valence-electron chi connectivity index (χ4n) is 1.26. The summed E-state index contributed by atoms with van der Waals surface area (Å²) in [5, 5.41) is -0.450. The molecule has 0 aliphatic rings. The van der Waals surface area contributed by atoms with Crippen LogP contribution in [-0.2, 0) is 0 Å². The third-order valence-corrected chi connectivity index (χ3v) is 2.05. The average molecular weight is 195 g/mol. The fourth-order valence-corrected chi connectivity index (χ4v) is 1.38. The van der Waals surface area contributed by atoms with Gasteiger partial charge in [0.2, 0.25) is 0 Å². The van der Waals surface area contributed by atoms with Gasteiger partial charge in [0.25, 0.3) is 5.24 Å². The Balaban J connectivity index is 2.67. The molecule has 1 aromatic carbocycles. The van der Waals surface area contributed by atoms with Crippen molar-refractivity contribution in [3.63, 3.8) is 0 Å². The van der Waals surface area contributed by atoms with Crippen LogP contribution in [0.15, 0.2) is 18.2 Å². The van der Waals surface area contributed by atoms with Gasteiger partial charge >= 0.3 is 0 Å². The molecule has 1 N–H and O–H groups in total. The van der Waals surface area contributed by atoms with Crippen molar-refractivity contribution in [2.24, 2.45) is 0 Å². The van der Waals surface area contributed by atoms with Crippen molar-refractivity contribution >= 4 is 27.9 Å². The number of benzene rings is 1. The summed E-state index contributed by atoms with van der Waals surface area (Å²) in [5.74, 6) is 0.828. The van der Waals surface area contributed by atoms with Gasteiger partial charge in [0.1, 0.15) is 5.82 Å². The van der Waals surface area contributed by atoms with Crippen molar-refractivity contribution in [2.75, 3.05) is 0 Å². The smallest absolute Gasteiger partial charge is 0.252 e. The second kappa shape index (κ2) is 2.85. The Morgan fingerprint density at radius 2 is 2.31 bits per heavy atom. The molecule has 0 fully saturated rings. The number of nitrogens with one attached hydrogen (secondary N) is 1. The van der Waals surface area contributed by atoms with Crippen molar-refractivity contribution in [3.8, 4) is 0 Å². The van der Waals surface area contributed by atoms with Gasteiger partial charge in [-0.15, -0.1) is 0 Å². The van der Waals surface area contributed by atoms with E-state index < -0.39 is 5.24 Å². The van der Waals surface area contributed by atoms with Crippen LogP contribution in [0.4, 0.5) is 0 Å². The number of nitrogens with zero attached hydrogens (tertiary/aromatic N) is 1. The Bertz CT molecular complexity index is 475. The normalized spacial score (nSPS) is 10.6. The first kappa shape index (κ1) is 8.26. The van der Waals surface area contributed by atoms with Gasteiger partial charge in [0.05, 0.1) is 11.0 Å². The molecular formula is C9H7ClN2O. The van der Waals surface area contributed by atoms with E-state index in [0.29, 0.717) is 5.56 Å². The van der Waals surface area contributed by atoms with Gasteiger partial charge in [-0.05, 0) is 36.7 Å². The molecule has 0 atom stereocenters. The Morgan fingerprint density at radius 3 is 3.00 bits per heavy atom. The molecule has 0 radical (unpaired) electrons. The number of H-pyrrole nitrogens is 1. The van der Waals surface area contributed by atoms with Crippen LogP contribution in [0, 0.1) is 6.92 Å². The Morgan fingerprint density at radius 1 is 1.54 bits per heavy atom. The van der Waals surface area contributed by atoms with Crippen LogP contribution in [0.25, 0.3) is 11.0 Å². The minimum atomic E-state index is -0.450. The topological polar surface area (TPSA) is 45.8 Å². The first-order valence-corrected chi connectivity index (χ1v) is 4.21. The van der Waals surface area contributed by atoms with Crippen molar-refractivity contribution in [1.29, 1.82) is 0 Å². The predicted molar refractivity (Wildman–Crippen MR) is 51.0 cm³/mol. The van der Waals surface area contributed by atoms with E-state index in [1.54, 1.807) is 18.2 Å². The van der Waals surface area contributed by atoms with Crippen LogP contribution >= 0.6 is 11.6 Å². The molecule has 0 aliphatic carbocycles. The molecule has 4 heteroatoms. The minimum Gasteiger partial charge on any atom is -0.342 e. The minimum absolute atomic E-state index is 0.450. The summed E-state index contributed by atoms with van der Waals surface area (Å²) in [4.78, 5) is 18.1. The maximum absolute atomic E-state index is 10.8. The third-order valence-electron chi connectivity index (χ3n) is 1.83. The molecule has 66 valence electrons. The summed E-state index contributed by atoms with van der Waals surface area (Å²) < 4.78 is 0. The molecular weight excluding hydrogens is 188 g/mol. The molecule has 0 amide bonds. The second-order valence-electron chi connectivity index (χ2n) is 2.83. The number of imidazole rings is 1. The molecule has 2 aromatic rings. The number of fused-ring (bicyclic) bond motifs is 1. The standard InChI is InChI=1S/C9H7ClN2O/c1-5-11-7-3-2-6(9(10)13)4-8(7)12-5/h2-4H,1H3,(H,11,12). The van der Waals surface area contributed by atoms with Crippen LogP contribution in [-0.4, -0.2) is 15.2 Å². The fraction of sp³-hybridized carbons (Fsp3) is 0.111. The zero-order valence-corrected chi connectivity index (χ0v) is 7.72. The quantitative estimate of drug-likeness (QED) is 0.708. The number of halogens is 1. The van der Waals surface area contributed by atoms with Crippen LogP contribution in [0.2, 0.25) is 0 Å². The first-order chi connectivity index (χ1) is 6.16. The molecule has 0 unspecified atom stereocenters. The lowest BCUT2D eigenvalue weighted by molar-refractivity contribution is 0.108. The predicted octanol–water partition coefficient (Wildman–Crippen LogP) is 2.25. The molecule has 1 heterocycles. The van der Waals surface area contributed by atoms with Gasteiger partial charge in [-0.1, -0.05) is 0 Å².